The van der Waals surface area contributed by atoms with Crippen LogP contribution in [0.3, 0.4) is 0 Å². The number of carbonyl (C=O) groups is 1. The number of carbonyl (C=O) groups excluding carboxylic acids is 1. The van der Waals surface area contributed by atoms with Gasteiger partial charge in [0, 0.05) is 30.9 Å². The number of fused-ring (bicyclic) bond motifs is 1. The van der Waals surface area contributed by atoms with Crippen LogP contribution in [0.5, 0.6) is 0 Å². The number of para-hydroxylation sites is 1. The molecule has 4 heteroatoms. The zero-order valence-electron chi connectivity index (χ0n) is 16.7. The maximum atomic E-state index is 12.4. The van der Waals surface area contributed by atoms with Crippen molar-refractivity contribution in [3.8, 4) is 0 Å². The molecule has 2 aromatic rings. The second kappa shape index (κ2) is 9.24. The topological polar surface area (TPSA) is 35.6 Å². The smallest absolute Gasteiger partial charge is 0.251 e. The van der Waals surface area contributed by atoms with E-state index in [0.717, 1.165) is 38.2 Å². The largest absolute Gasteiger partial charge is 0.367 e. The van der Waals surface area contributed by atoms with E-state index >= 15 is 0 Å². The van der Waals surface area contributed by atoms with E-state index in [1.165, 1.54) is 55.6 Å². The number of aryl methyl sites for hydroxylation is 1. The number of rotatable bonds is 7. The maximum absolute atomic E-state index is 12.4. The van der Waals surface area contributed by atoms with Gasteiger partial charge in [-0.1, -0.05) is 30.3 Å². The quantitative estimate of drug-likeness (QED) is 0.745. The zero-order chi connectivity index (χ0) is 19.2. The molecule has 0 spiro atoms. The summed E-state index contributed by atoms with van der Waals surface area (Å²) in [6.07, 6.45) is 6.04. The van der Waals surface area contributed by atoms with E-state index < -0.39 is 0 Å². The van der Waals surface area contributed by atoms with Crippen LogP contribution in [0.2, 0.25) is 0 Å². The van der Waals surface area contributed by atoms with Gasteiger partial charge in [0.1, 0.15) is 0 Å². The van der Waals surface area contributed by atoms with Gasteiger partial charge >= 0.3 is 0 Å². The molecule has 2 heterocycles. The zero-order valence-corrected chi connectivity index (χ0v) is 16.7. The van der Waals surface area contributed by atoms with Crippen LogP contribution >= 0.6 is 0 Å². The second-order valence-electron chi connectivity index (χ2n) is 8.01. The number of hydrogen-bond donors (Lipinski definition) is 1. The molecule has 0 aromatic heterocycles. The lowest BCUT2D eigenvalue weighted by Gasteiger charge is -2.31. The molecule has 2 aliphatic rings. The van der Waals surface area contributed by atoms with E-state index in [0.29, 0.717) is 0 Å². The van der Waals surface area contributed by atoms with Crippen LogP contribution in [0.4, 0.5) is 5.69 Å². The van der Waals surface area contributed by atoms with E-state index in [1.54, 1.807) is 0 Å². The molecule has 1 N–H and O–H groups in total. The first-order chi connectivity index (χ1) is 13.8. The molecule has 0 atom stereocenters. The van der Waals surface area contributed by atoms with Crippen LogP contribution in [0.1, 0.15) is 47.2 Å². The summed E-state index contributed by atoms with van der Waals surface area (Å²) in [7, 11) is 0. The number of amides is 1. The van der Waals surface area contributed by atoms with Crippen LogP contribution in [-0.2, 0) is 13.0 Å². The Morgan fingerprint density at radius 2 is 1.71 bits per heavy atom. The standard InChI is InChI=1S/C24H31N3O/c28-24(25-14-6-17-26-15-3-4-16-26)22-12-10-20(11-13-22)19-27-18-5-8-21-7-1-2-9-23(21)27/h1-2,7,9-13H,3-6,8,14-19H2,(H,25,28). The average molecular weight is 378 g/mol. The molecule has 0 unspecified atom stereocenters. The normalized spacial score (nSPS) is 16.8. The molecule has 1 saturated heterocycles. The lowest BCUT2D eigenvalue weighted by Crippen LogP contribution is -2.29. The van der Waals surface area contributed by atoms with E-state index in [-0.39, 0.29) is 5.91 Å². The number of nitrogens with zero attached hydrogens (tertiary/aromatic N) is 2. The molecule has 0 aliphatic carbocycles. The third kappa shape index (κ3) is 4.74. The first-order valence-electron chi connectivity index (χ1n) is 10.7. The van der Waals surface area contributed by atoms with Crippen molar-refractivity contribution >= 4 is 11.6 Å². The van der Waals surface area contributed by atoms with Crippen LogP contribution in [0.15, 0.2) is 48.5 Å². The molecule has 148 valence electrons. The van der Waals surface area contributed by atoms with Crippen molar-refractivity contribution in [3.05, 3.63) is 65.2 Å². The lowest BCUT2D eigenvalue weighted by molar-refractivity contribution is 0.0952. The Balaban J connectivity index is 1.27. The minimum absolute atomic E-state index is 0.0382. The van der Waals surface area contributed by atoms with Crippen molar-refractivity contribution in [1.29, 1.82) is 0 Å². The molecule has 4 rings (SSSR count). The van der Waals surface area contributed by atoms with Gasteiger partial charge in [-0.25, -0.2) is 0 Å². The molecule has 0 radical (unpaired) electrons. The van der Waals surface area contributed by atoms with E-state index in [2.05, 4.69) is 51.5 Å². The molecule has 2 aromatic carbocycles. The summed E-state index contributed by atoms with van der Waals surface area (Å²) in [5.74, 6) is 0.0382. The second-order valence-corrected chi connectivity index (χ2v) is 8.01. The van der Waals surface area contributed by atoms with Crippen molar-refractivity contribution in [2.24, 2.45) is 0 Å². The Morgan fingerprint density at radius 1 is 0.929 bits per heavy atom. The van der Waals surface area contributed by atoms with Crippen LogP contribution in [0, 0.1) is 0 Å². The van der Waals surface area contributed by atoms with Gasteiger partial charge in [-0.05, 0) is 81.1 Å². The Bertz CT molecular complexity index is 781. The Labute approximate surface area is 168 Å². The van der Waals surface area contributed by atoms with Gasteiger partial charge in [0.05, 0.1) is 0 Å². The highest BCUT2D eigenvalue weighted by molar-refractivity contribution is 5.94. The van der Waals surface area contributed by atoms with E-state index in [9.17, 15) is 4.79 Å². The third-order valence-electron chi connectivity index (χ3n) is 5.93. The van der Waals surface area contributed by atoms with Gasteiger partial charge in [-0.15, -0.1) is 0 Å². The van der Waals surface area contributed by atoms with Gasteiger partial charge in [0.25, 0.3) is 5.91 Å². The van der Waals surface area contributed by atoms with E-state index in [4.69, 9.17) is 0 Å². The van der Waals surface area contributed by atoms with Crippen molar-refractivity contribution in [2.75, 3.05) is 37.6 Å². The highest BCUT2D eigenvalue weighted by atomic mass is 16.1. The van der Waals surface area contributed by atoms with Crippen LogP contribution < -0.4 is 10.2 Å². The van der Waals surface area contributed by atoms with Gasteiger partial charge in [0.15, 0.2) is 0 Å². The van der Waals surface area contributed by atoms with E-state index in [1.807, 2.05) is 12.1 Å². The highest BCUT2D eigenvalue weighted by Crippen LogP contribution is 2.28. The SMILES string of the molecule is O=C(NCCCN1CCCC1)c1ccc(CN2CCCc3ccccc32)cc1. The minimum atomic E-state index is 0.0382. The fourth-order valence-electron chi connectivity index (χ4n) is 4.37. The first-order valence-corrected chi connectivity index (χ1v) is 10.7. The Kier molecular flexibility index (Phi) is 6.27. The highest BCUT2D eigenvalue weighted by Gasteiger charge is 2.16. The summed E-state index contributed by atoms with van der Waals surface area (Å²) in [6, 6.07) is 16.8. The summed E-state index contributed by atoms with van der Waals surface area (Å²) in [5, 5.41) is 3.06. The van der Waals surface area contributed by atoms with Gasteiger partial charge in [-0.2, -0.15) is 0 Å². The number of benzene rings is 2. The molecule has 28 heavy (non-hydrogen) atoms. The summed E-state index contributed by atoms with van der Waals surface area (Å²) in [4.78, 5) is 17.3. The summed E-state index contributed by atoms with van der Waals surface area (Å²) >= 11 is 0. The first kappa shape index (κ1) is 19.0. The fraction of sp³-hybridized carbons (Fsp3) is 0.458. The maximum Gasteiger partial charge on any atom is 0.251 e. The number of likely N-dealkylation sites (tertiary alicyclic amines) is 1. The molecular formula is C24H31N3O. The molecule has 4 nitrogen and oxygen atoms in total. The number of nitrogens with one attached hydrogen (secondary N) is 1. The summed E-state index contributed by atoms with van der Waals surface area (Å²) < 4.78 is 0. The minimum Gasteiger partial charge on any atom is -0.367 e. The molecule has 1 amide bonds. The summed E-state index contributed by atoms with van der Waals surface area (Å²) in [5.41, 5.74) is 4.80. The lowest BCUT2D eigenvalue weighted by atomic mass is 10.0. The molecule has 2 aliphatic heterocycles. The van der Waals surface area contributed by atoms with Crippen LogP contribution in [-0.4, -0.2) is 43.5 Å². The fourth-order valence-corrected chi connectivity index (χ4v) is 4.37. The summed E-state index contributed by atoms with van der Waals surface area (Å²) in [6.45, 7) is 6.27. The molecule has 1 fully saturated rings. The number of hydrogen-bond acceptors (Lipinski definition) is 3. The molecule has 0 saturated carbocycles. The van der Waals surface area contributed by atoms with Gasteiger partial charge < -0.3 is 15.1 Å². The third-order valence-corrected chi connectivity index (χ3v) is 5.93. The van der Waals surface area contributed by atoms with Crippen molar-refractivity contribution in [1.82, 2.24) is 10.2 Å². The molecular weight excluding hydrogens is 346 g/mol. The average Bonchev–Trinajstić information content (AvgIpc) is 3.25. The monoisotopic (exact) mass is 377 g/mol. The predicted molar refractivity (Wildman–Crippen MR) is 115 cm³/mol. The van der Waals surface area contributed by atoms with Crippen molar-refractivity contribution < 1.29 is 4.79 Å². The Hall–Kier alpha value is -2.33. The van der Waals surface area contributed by atoms with Crippen molar-refractivity contribution in [2.45, 2.75) is 38.6 Å². The van der Waals surface area contributed by atoms with Crippen LogP contribution in [0.25, 0.3) is 0 Å². The Morgan fingerprint density at radius 3 is 2.54 bits per heavy atom. The predicted octanol–water partition coefficient (Wildman–Crippen LogP) is 3.86. The van der Waals surface area contributed by atoms with Crippen molar-refractivity contribution in [3.63, 3.8) is 0 Å². The van der Waals surface area contributed by atoms with Gasteiger partial charge in [0.2, 0.25) is 0 Å². The molecule has 0 bridgehead atoms. The number of anilines is 1. The van der Waals surface area contributed by atoms with Gasteiger partial charge in [-0.3, -0.25) is 4.79 Å².